The fraction of sp³-hybridized carbons (Fsp3) is 0.167. The van der Waals surface area contributed by atoms with E-state index in [1.54, 1.807) is 0 Å². The molecule has 0 aliphatic carbocycles. The summed E-state index contributed by atoms with van der Waals surface area (Å²) in [6, 6.07) is 15.3. The van der Waals surface area contributed by atoms with Gasteiger partial charge in [-0.3, -0.25) is 4.79 Å². The predicted molar refractivity (Wildman–Crippen MR) is 84.7 cm³/mol. The van der Waals surface area contributed by atoms with Gasteiger partial charge in [0.25, 0.3) is 5.91 Å². The van der Waals surface area contributed by atoms with Crippen molar-refractivity contribution in [2.45, 2.75) is 13.5 Å². The minimum Gasteiger partial charge on any atom is -0.348 e. The summed E-state index contributed by atoms with van der Waals surface area (Å²) in [6.45, 7) is 2.70. The number of aryl methyl sites for hydroxylation is 1. The number of hydrogen-bond acceptors (Lipinski definition) is 2. The largest absolute Gasteiger partial charge is 0.348 e. The predicted octanol–water partition coefficient (Wildman–Crippen LogP) is 2.24. The van der Waals surface area contributed by atoms with E-state index in [1.165, 1.54) is 0 Å². The van der Waals surface area contributed by atoms with E-state index in [-0.39, 0.29) is 5.91 Å². The molecule has 0 heterocycles. The number of nitrogens with one attached hydrogen (secondary N) is 1. The minimum atomic E-state index is -0.0744. The highest BCUT2D eigenvalue weighted by Crippen LogP contribution is 2.09. The molecule has 2 aromatic carbocycles. The molecule has 0 saturated heterocycles. The number of carbonyl (C=O) groups is 1. The summed E-state index contributed by atoms with van der Waals surface area (Å²) in [7, 11) is 0. The van der Waals surface area contributed by atoms with Crippen molar-refractivity contribution < 1.29 is 4.79 Å². The SMILES string of the molecule is Cc1ccccc1C(=O)NCc1ccccc1C#CCN. The molecule has 3 N–H and O–H groups in total. The summed E-state index contributed by atoms with van der Waals surface area (Å²) < 4.78 is 0. The zero-order valence-corrected chi connectivity index (χ0v) is 12.0. The molecule has 0 aromatic heterocycles. The van der Waals surface area contributed by atoms with Crippen LogP contribution < -0.4 is 11.1 Å². The summed E-state index contributed by atoms with van der Waals surface area (Å²) in [4.78, 5) is 12.2. The molecule has 106 valence electrons. The third-order valence-corrected chi connectivity index (χ3v) is 3.17. The van der Waals surface area contributed by atoms with Gasteiger partial charge in [-0.2, -0.15) is 0 Å². The average Bonchev–Trinajstić information content (AvgIpc) is 2.52. The van der Waals surface area contributed by atoms with Crippen LogP contribution in [0.1, 0.15) is 27.0 Å². The quantitative estimate of drug-likeness (QED) is 0.846. The summed E-state index contributed by atoms with van der Waals surface area (Å²) in [5.41, 5.74) is 8.94. The molecule has 0 bridgehead atoms. The smallest absolute Gasteiger partial charge is 0.251 e. The number of benzene rings is 2. The summed E-state index contributed by atoms with van der Waals surface area (Å²) in [5, 5.41) is 2.93. The lowest BCUT2D eigenvalue weighted by molar-refractivity contribution is 0.0950. The van der Waals surface area contributed by atoms with E-state index < -0.39 is 0 Å². The summed E-state index contributed by atoms with van der Waals surface area (Å²) >= 11 is 0. The molecule has 0 aliphatic heterocycles. The molecule has 0 unspecified atom stereocenters. The Morgan fingerprint density at radius 3 is 2.62 bits per heavy atom. The Morgan fingerprint density at radius 2 is 1.86 bits per heavy atom. The van der Waals surface area contributed by atoms with Crippen LogP contribution in [0.3, 0.4) is 0 Å². The lowest BCUT2D eigenvalue weighted by Gasteiger charge is -2.09. The molecule has 0 radical (unpaired) electrons. The molecule has 0 saturated carbocycles. The molecule has 0 spiro atoms. The fourth-order valence-electron chi connectivity index (χ4n) is 2.04. The van der Waals surface area contributed by atoms with Gasteiger partial charge in [0.05, 0.1) is 6.54 Å². The van der Waals surface area contributed by atoms with Crippen LogP contribution in [0, 0.1) is 18.8 Å². The monoisotopic (exact) mass is 278 g/mol. The Balaban J connectivity index is 2.10. The van der Waals surface area contributed by atoms with Crippen LogP contribution in [0.15, 0.2) is 48.5 Å². The van der Waals surface area contributed by atoms with Crippen LogP contribution in [0.4, 0.5) is 0 Å². The van der Waals surface area contributed by atoms with Crippen molar-refractivity contribution in [2.24, 2.45) is 5.73 Å². The van der Waals surface area contributed by atoms with Gasteiger partial charge in [0.2, 0.25) is 0 Å². The summed E-state index contributed by atoms with van der Waals surface area (Å²) in [5.74, 6) is 5.79. The van der Waals surface area contributed by atoms with Gasteiger partial charge in [-0.25, -0.2) is 0 Å². The molecule has 0 atom stereocenters. The van der Waals surface area contributed by atoms with Gasteiger partial charge in [0.1, 0.15) is 0 Å². The first-order valence-electron chi connectivity index (χ1n) is 6.83. The number of nitrogens with two attached hydrogens (primary N) is 1. The fourth-order valence-corrected chi connectivity index (χ4v) is 2.04. The van der Waals surface area contributed by atoms with Gasteiger partial charge in [-0.05, 0) is 30.2 Å². The van der Waals surface area contributed by atoms with E-state index in [4.69, 9.17) is 5.73 Å². The normalized spacial score (nSPS) is 9.62. The van der Waals surface area contributed by atoms with Gasteiger partial charge < -0.3 is 11.1 Å². The van der Waals surface area contributed by atoms with Crippen LogP contribution >= 0.6 is 0 Å². The molecule has 0 fully saturated rings. The van der Waals surface area contributed by atoms with Crippen molar-refractivity contribution in [3.63, 3.8) is 0 Å². The van der Waals surface area contributed by atoms with Crippen molar-refractivity contribution in [3.8, 4) is 11.8 Å². The van der Waals surface area contributed by atoms with Crippen LogP contribution in [-0.2, 0) is 6.54 Å². The third-order valence-electron chi connectivity index (χ3n) is 3.17. The number of carbonyl (C=O) groups excluding carboxylic acids is 1. The van der Waals surface area contributed by atoms with Gasteiger partial charge in [0.15, 0.2) is 0 Å². The topological polar surface area (TPSA) is 55.1 Å². The Hall–Kier alpha value is -2.57. The van der Waals surface area contributed by atoms with Gasteiger partial charge in [0, 0.05) is 17.7 Å². The van der Waals surface area contributed by atoms with Crippen molar-refractivity contribution in [2.75, 3.05) is 6.54 Å². The van der Waals surface area contributed by atoms with Crippen LogP contribution in [0.2, 0.25) is 0 Å². The number of amides is 1. The van der Waals surface area contributed by atoms with Crippen molar-refractivity contribution in [1.29, 1.82) is 0 Å². The maximum atomic E-state index is 12.2. The number of hydrogen-bond donors (Lipinski definition) is 2. The van der Waals surface area contributed by atoms with E-state index in [9.17, 15) is 4.79 Å². The maximum absolute atomic E-state index is 12.2. The first-order valence-corrected chi connectivity index (χ1v) is 6.83. The Labute approximate surface area is 125 Å². The molecular weight excluding hydrogens is 260 g/mol. The zero-order valence-electron chi connectivity index (χ0n) is 12.0. The number of rotatable bonds is 3. The third kappa shape index (κ3) is 3.95. The van der Waals surface area contributed by atoms with E-state index in [0.717, 1.165) is 16.7 Å². The molecule has 0 aliphatic rings. The Kier molecular flexibility index (Phi) is 5.14. The van der Waals surface area contributed by atoms with E-state index in [2.05, 4.69) is 17.2 Å². The molecule has 1 amide bonds. The lowest BCUT2D eigenvalue weighted by atomic mass is 10.1. The zero-order chi connectivity index (χ0) is 15.1. The van der Waals surface area contributed by atoms with Gasteiger partial charge in [-0.1, -0.05) is 48.2 Å². The molecular formula is C18H18N2O. The highest BCUT2D eigenvalue weighted by molar-refractivity contribution is 5.95. The minimum absolute atomic E-state index is 0.0744. The molecule has 2 aromatic rings. The highest BCUT2D eigenvalue weighted by atomic mass is 16.1. The molecule has 2 rings (SSSR count). The Bertz CT molecular complexity index is 696. The van der Waals surface area contributed by atoms with Gasteiger partial charge in [-0.15, -0.1) is 0 Å². The van der Waals surface area contributed by atoms with E-state index in [1.807, 2.05) is 55.5 Å². The van der Waals surface area contributed by atoms with Crippen LogP contribution in [-0.4, -0.2) is 12.5 Å². The second kappa shape index (κ2) is 7.28. The first kappa shape index (κ1) is 14.8. The lowest BCUT2D eigenvalue weighted by Crippen LogP contribution is -2.24. The van der Waals surface area contributed by atoms with E-state index in [0.29, 0.717) is 18.7 Å². The molecule has 3 nitrogen and oxygen atoms in total. The van der Waals surface area contributed by atoms with Gasteiger partial charge >= 0.3 is 0 Å². The summed E-state index contributed by atoms with van der Waals surface area (Å²) in [6.07, 6.45) is 0. The van der Waals surface area contributed by atoms with Crippen molar-refractivity contribution in [3.05, 3.63) is 70.8 Å². The van der Waals surface area contributed by atoms with Crippen LogP contribution in [0.25, 0.3) is 0 Å². The van der Waals surface area contributed by atoms with E-state index >= 15 is 0 Å². The van der Waals surface area contributed by atoms with Crippen LogP contribution in [0.5, 0.6) is 0 Å². The standard InChI is InChI=1S/C18H18N2O/c1-14-7-2-5-11-17(14)18(21)20-13-16-9-4-3-8-15(16)10-6-12-19/h2-5,7-9,11H,12-13,19H2,1H3,(H,20,21). The second-order valence-corrected chi connectivity index (χ2v) is 4.66. The first-order chi connectivity index (χ1) is 10.2. The highest BCUT2D eigenvalue weighted by Gasteiger charge is 2.08. The second-order valence-electron chi connectivity index (χ2n) is 4.66. The van der Waals surface area contributed by atoms with Crippen molar-refractivity contribution in [1.82, 2.24) is 5.32 Å². The molecule has 3 heteroatoms. The molecule has 21 heavy (non-hydrogen) atoms. The Morgan fingerprint density at radius 1 is 1.14 bits per heavy atom. The van der Waals surface area contributed by atoms with Crippen molar-refractivity contribution >= 4 is 5.91 Å². The average molecular weight is 278 g/mol. The maximum Gasteiger partial charge on any atom is 0.251 e.